The lowest BCUT2D eigenvalue weighted by molar-refractivity contribution is 0.0270. The summed E-state index contributed by atoms with van der Waals surface area (Å²) >= 11 is 12.4. The molecule has 1 amide bonds. The third-order valence-electron chi connectivity index (χ3n) is 5.06. The zero-order chi connectivity index (χ0) is 23.6. The number of amides is 1. The molecule has 0 bridgehead atoms. The van der Waals surface area contributed by atoms with Gasteiger partial charge in [-0.3, -0.25) is 4.98 Å². The summed E-state index contributed by atoms with van der Waals surface area (Å²) in [5.74, 6) is 0.00823. The van der Waals surface area contributed by atoms with E-state index in [1.54, 1.807) is 18.0 Å². The number of carbonyl (C=O) groups is 1. The second kappa shape index (κ2) is 9.67. The van der Waals surface area contributed by atoms with Crippen molar-refractivity contribution in [2.24, 2.45) is 0 Å². The lowest BCUT2D eigenvalue weighted by atomic mass is 10.0. The van der Waals surface area contributed by atoms with E-state index in [0.29, 0.717) is 41.5 Å². The summed E-state index contributed by atoms with van der Waals surface area (Å²) < 4.78 is 25.4. The number of benzene rings is 1. The van der Waals surface area contributed by atoms with Crippen molar-refractivity contribution >= 4 is 34.9 Å². The second-order valence-corrected chi connectivity index (χ2v) is 9.52. The van der Waals surface area contributed by atoms with Gasteiger partial charge in [-0.15, -0.1) is 0 Å². The first-order chi connectivity index (χ1) is 15.0. The molecule has 1 aromatic carbocycles. The summed E-state index contributed by atoms with van der Waals surface area (Å²) in [6.07, 6.45) is 3.54. The van der Waals surface area contributed by atoms with E-state index in [-0.39, 0.29) is 11.1 Å². The van der Waals surface area contributed by atoms with Gasteiger partial charge in [0.05, 0.1) is 10.7 Å². The van der Waals surface area contributed by atoms with E-state index in [1.807, 2.05) is 39.8 Å². The van der Waals surface area contributed by atoms with Crippen LogP contribution < -0.4 is 4.74 Å². The van der Waals surface area contributed by atoms with Gasteiger partial charge < -0.3 is 14.4 Å². The highest BCUT2D eigenvalue weighted by molar-refractivity contribution is 6.36. The highest BCUT2D eigenvalue weighted by Gasteiger charge is 2.25. The third-order valence-corrected chi connectivity index (χ3v) is 5.78. The third kappa shape index (κ3) is 5.73. The number of hydrogen-bond donors (Lipinski definition) is 0. The molecule has 5 nitrogen and oxygen atoms in total. The maximum Gasteiger partial charge on any atom is 0.410 e. The average molecular weight is 481 g/mol. The van der Waals surface area contributed by atoms with Gasteiger partial charge in [-0.2, -0.15) is 0 Å². The zero-order valence-electron chi connectivity index (χ0n) is 18.8. The number of aryl methyl sites for hydroxylation is 1. The average Bonchev–Trinajstić information content (AvgIpc) is 2.71. The highest BCUT2D eigenvalue weighted by atomic mass is 35.5. The molecular weight excluding hydrogens is 454 g/mol. The lowest BCUT2D eigenvalue weighted by Crippen LogP contribution is -2.39. The topological polar surface area (TPSA) is 51.7 Å². The molecule has 0 spiro atoms. The van der Waals surface area contributed by atoms with Gasteiger partial charge in [0.1, 0.15) is 23.3 Å². The number of hydrogen-bond acceptors (Lipinski definition) is 4. The SMILES string of the molecule is Cc1ncc(C2=CCN(C(=O)OC(C)(C)C)CC2)cc1OC(C)c1c(Cl)ccc(F)c1Cl. The van der Waals surface area contributed by atoms with Gasteiger partial charge in [0.2, 0.25) is 0 Å². The maximum atomic E-state index is 13.9. The fourth-order valence-electron chi connectivity index (χ4n) is 3.40. The summed E-state index contributed by atoms with van der Waals surface area (Å²) in [6.45, 7) is 10.1. The van der Waals surface area contributed by atoms with Crippen molar-refractivity contribution in [2.75, 3.05) is 13.1 Å². The summed E-state index contributed by atoms with van der Waals surface area (Å²) in [4.78, 5) is 18.4. The largest absolute Gasteiger partial charge is 0.484 e. The van der Waals surface area contributed by atoms with Gasteiger partial charge in [0, 0.05) is 29.9 Å². The van der Waals surface area contributed by atoms with E-state index in [0.717, 1.165) is 11.1 Å². The predicted octanol–water partition coefficient (Wildman–Crippen LogP) is 7.00. The molecule has 2 heterocycles. The monoisotopic (exact) mass is 480 g/mol. The summed E-state index contributed by atoms with van der Waals surface area (Å²) in [5.41, 5.74) is 2.52. The molecule has 0 N–H and O–H groups in total. The molecule has 0 radical (unpaired) electrons. The molecule has 3 rings (SSSR count). The van der Waals surface area contributed by atoms with Crippen molar-refractivity contribution in [3.05, 3.63) is 63.2 Å². The number of rotatable bonds is 4. The van der Waals surface area contributed by atoms with E-state index in [1.165, 1.54) is 12.1 Å². The normalized spacial score (nSPS) is 15.2. The Kier molecular flexibility index (Phi) is 7.36. The van der Waals surface area contributed by atoms with Gasteiger partial charge in [0.15, 0.2) is 0 Å². The van der Waals surface area contributed by atoms with Crippen molar-refractivity contribution in [1.82, 2.24) is 9.88 Å². The standard InChI is InChI=1S/C24H27Cl2FN2O3/c1-14-20(31-15(2)21-18(25)6-7-19(27)22(21)26)12-17(13-28-14)16-8-10-29(11-9-16)23(30)32-24(3,4)5/h6-8,12-13,15H,9-11H2,1-5H3. The van der Waals surface area contributed by atoms with Crippen LogP contribution in [-0.2, 0) is 4.74 Å². The van der Waals surface area contributed by atoms with Crippen LogP contribution in [-0.4, -0.2) is 34.7 Å². The van der Waals surface area contributed by atoms with Crippen LogP contribution >= 0.6 is 23.2 Å². The Hall–Kier alpha value is -2.31. The van der Waals surface area contributed by atoms with E-state index < -0.39 is 17.5 Å². The number of carbonyl (C=O) groups excluding carboxylic acids is 1. The number of aromatic nitrogens is 1. The van der Waals surface area contributed by atoms with Crippen molar-refractivity contribution in [1.29, 1.82) is 0 Å². The van der Waals surface area contributed by atoms with Gasteiger partial charge >= 0.3 is 6.09 Å². The molecule has 1 aromatic heterocycles. The Morgan fingerprint density at radius 3 is 2.62 bits per heavy atom. The minimum atomic E-state index is -0.579. The van der Waals surface area contributed by atoms with Crippen LogP contribution in [0.1, 0.15) is 57.0 Å². The molecule has 1 aliphatic heterocycles. The first-order valence-electron chi connectivity index (χ1n) is 10.4. The highest BCUT2D eigenvalue weighted by Crippen LogP contribution is 2.36. The quantitative estimate of drug-likeness (QED) is 0.442. The van der Waals surface area contributed by atoms with E-state index >= 15 is 0 Å². The molecular formula is C24H27Cl2FN2O3. The molecule has 0 fully saturated rings. The van der Waals surface area contributed by atoms with Crippen LogP contribution in [0.15, 0.2) is 30.5 Å². The minimum absolute atomic E-state index is 0.0519. The van der Waals surface area contributed by atoms with E-state index in [4.69, 9.17) is 32.7 Å². The van der Waals surface area contributed by atoms with Crippen LogP contribution in [0.25, 0.3) is 5.57 Å². The van der Waals surface area contributed by atoms with Crippen LogP contribution in [0, 0.1) is 12.7 Å². The van der Waals surface area contributed by atoms with Gasteiger partial charge in [-0.05, 0) is 70.4 Å². The summed E-state index contributed by atoms with van der Waals surface area (Å²) in [7, 11) is 0. The smallest absolute Gasteiger partial charge is 0.410 e. The van der Waals surface area contributed by atoms with Crippen LogP contribution in [0.2, 0.25) is 10.0 Å². The number of nitrogens with zero attached hydrogens (tertiary/aromatic N) is 2. The molecule has 32 heavy (non-hydrogen) atoms. The molecule has 8 heteroatoms. The summed E-state index contributed by atoms with van der Waals surface area (Å²) in [6, 6.07) is 4.59. The first kappa shape index (κ1) is 24.3. The van der Waals surface area contributed by atoms with Crippen LogP contribution in [0.3, 0.4) is 0 Å². The van der Waals surface area contributed by atoms with Gasteiger partial charge in [-0.25, -0.2) is 9.18 Å². The Labute approximate surface area is 198 Å². The molecule has 2 aromatic rings. The first-order valence-corrected chi connectivity index (χ1v) is 11.2. The maximum absolute atomic E-state index is 13.9. The molecule has 1 aliphatic rings. The Morgan fingerprint density at radius 2 is 2.00 bits per heavy atom. The van der Waals surface area contributed by atoms with E-state index in [2.05, 4.69) is 4.98 Å². The van der Waals surface area contributed by atoms with Crippen molar-refractivity contribution < 1.29 is 18.7 Å². The molecule has 0 saturated carbocycles. The molecule has 0 saturated heterocycles. The second-order valence-electron chi connectivity index (χ2n) is 8.73. The number of pyridine rings is 1. The number of halogens is 3. The zero-order valence-corrected chi connectivity index (χ0v) is 20.4. The number of ether oxygens (including phenoxy) is 2. The Morgan fingerprint density at radius 1 is 1.28 bits per heavy atom. The minimum Gasteiger partial charge on any atom is -0.484 e. The Balaban J connectivity index is 1.77. The molecule has 172 valence electrons. The van der Waals surface area contributed by atoms with Gasteiger partial charge in [0.25, 0.3) is 0 Å². The van der Waals surface area contributed by atoms with Crippen LogP contribution in [0.4, 0.5) is 9.18 Å². The summed E-state index contributed by atoms with van der Waals surface area (Å²) in [5, 5.41) is 0.284. The fourth-order valence-corrected chi connectivity index (χ4v) is 4.07. The Bertz CT molecular complexity index is 1050. The lowest BCUT2D eigenvalue weighted by Gasteiger charge is -2.29. The molecule has 0 aliphatic carbocycles. The van der Waals surface area contributed by atoms with Gasteiger partial charge in [-0.1, -0.05) is 29.3 Å². The van der Waals surface area contributed by atoms with Crippen molar-refractivity contribution in [2.45, 2.75) is 52.7 Å². The van der Waals surface area contributed by atoms with Crippen molar-refractivity contribution in [3.8, 4) is 5.75 Å². The molecule has 1 unspecified atom stereocenters. The fraction of sp³-hybridized carbons (Fsp3) is 0.417. The van der Waals surface area contributed by atoms with E-state index in [9.17, 15) is 9.18 Å². The predicted molar refractivity (Wildman–Crippen MR) is 125 cm³/mol. The van der Waals surface area contributed by atoms with Crippen LogP contribution in [0.5, 0.6) is 5.75 Å². The van der Waals surface area contributed by atoms with Crippen molar-refractivity contribution in [3.63, 3.8) is 0 Å². The molecule has 1 atom stereocenters.